The third kappa shape index (κ3) is 2.98. The molecule has 0 saturated heterocycles. The molecule has 1 aliphatic heterocycles. The highest BCUT2D eigenvalue weighted by atomic mass is 16.7. The molecule has 3 rings (SSSR count). The Morgan fingerprint density at radius 2 is 1.57 bits per heavy atom. The molecule has 21 heavy (non-hydrogen) atoms. The Labute approximate surface area is 122 Å². The fraction of sp³-hybridized carbons (Fsp3) is 0. The molecule has 0 unspecified atom stereocenters. The van der Waals surface area contributed by atoms with Crippen LogP contribution in [0.25, 0.3) is 6.08 Å². The largest absolute Gasteiger partial charge is 0.368 e. The van der Waals surface area contributed by atoms with Gasteiger partial charge in [-0.05, 0) is 11.6 Å². The monoisotopic (exact) mass is 275 g/mol. The van der Waals surface area contributed by atoms with Crippen LogP contribution in [0.5, 0.6) is 0 Å². The fourth-order valence-corrected chi connectivity index (χ4v) is 2.05. The molecule has 0 amide bonds. The lowest BCUT2D eigenvalue weighted by Gasteiger charge is -1.98. The van der Waals surface area contributed by atoms with Gasteiger partial charge in [-0.25, -0.2) is 4.79 Å². The Hall–Kier alpha value is -2.94. The third-order valence-corrected chi connectivity index (χ3v) is 3.09. The van der Waals surface area contributed by atoms with E-state index in [0.29, 0.717) is 11.3 Å². The molecule has 0 N–H and O–H groups in total. The van der Waals surface area contributed by atoms with Crippen LogP contribution in [0, 0.1) is 0 Å². The van der Waals surface area contributed by atoms with Gasteiger partial charge in [0.1, 0.15) is 5.71 Å². The molecule has 1 heterocycles. The summed E-state index contributed by atoms with van der Waals surface area (Å²) in [5, 5.41) is 3.86. The standard InChI is InChI=1S/C18H13NO2/c20-18-16(13-7-10-14-8-3-1-4-9-14)17(19-21-18)15-11-5-2-6-12-15/h1-13H. The third-order valence-electron chi connectivity index (χ3n) is 3.09. The second-order valence-electron chi connectivity index (χ2n) is 4.53. The van der Waals surface area contributed by atoms with Gasteiger partial charge in [0, 0.05) is 5.56 Å². The number of benzene rings is 2. The zero-order chi connectivity index (χ0) is 14.5. The Bertz CT molecular complexity index is 728. The Morgan fingerprint density at radius 1 is 0.905 bits per heavy atom. The van der Waals surface area contributed by atoms with Crippen molar-refractivity contribution in [2.75, 3.05) is 0 Å². The minimum atomic E-state index is -0.424. The van der Waals surface area contributed by atoms with Crippen molar-refractivity contribution in [2.24, 2.45) is 5.16 Å². The van der Waals surface area contributed by atoms with Crippen LogP contribution in [0.3, 0.4) is 0 Å². The molecule has 102 valence electrons. The number of nitrogens with zero attached hydrogens (tertiary/aromatic N) is 1. The highest BCUT2D eigenvalue weighted by Crippen LogP contribution is 2.18. The summed E-state index contributed by atoms with van der Waals surface area (Å²) in [4.78, 5) is 16.5. The van der Waals surface area contributed by atoms with E-state index >= 15 is 0 Å². The average Bonchev–Trinajstić information content (AvgIpc) is 2.91. The summed E-state index contributed by atoms with van der Waals surface area (Å²) < 4.78 is 0. The molecule has 0 bridgehead atoms. The highest BCUT2D eigenvalue weighted by Gasteiger charge is 2.25. The van der Waals surface area contributed by atoms with Crippen molar-refractivity contribution in [1.29, 1.82) is 0 Å². The van der Waals surface area contributed by atoms with Crippen molar-refractivity contribution in [2.45, 2.75) is 0 Å². The highest BCUT2D eigenvalue weighted by molar-refractivity contribution is 6.29. The van der Waals surface area contributed by atoms with Gasteiger partial charge in [-0.15, -0.1) is 0 Å². The van der Waals surface area contributed by atoms with Crippen molar-refractivity contribution in [3.63, 3.8) is 0 Å². The molecule has 2 aromatic rings. The summed E-state index contributed by atoms with van der Waals surface area (Å²) in [6.45, 7) is 0. The van der Waals surface area contributed by atoms with Crippen LogP contribution < -0.4 is 0 Å². The lowest BCUT2D eigenvalue weighted by atomic mass is 10.0. The molecule has 0 atom stereocenters. The fourth-order valence-electron chi connectivity index (χ4n) is 2.05. The maximum Gasteiger partial charge on any atom is 0.368 e. The summed E-state index contributed by atoms with van der Waals surface area (Å²) in [6.07, 6.45) is 5.49. The van der Waals surface area contributed by atoms with Gasteiger partial charge >= 0.3 is 5.97 Å². The minimum Gasteiger partial charge on any atom is -0.312 e. The average molecular weight is 275 g/mol. The lowest BCUT2D eigenvalue weighted by molar-refractivity contribution is -0.136. The first-order chi connectivity index (χ1) is 10.3. The van der Waals surface area contributed by atoms with Crippen LogP contribution in [-0.2, 0) is 9.63 Å². The van der Waals surface area contributed by atoms with Crippen molar-refractivity contribution in [3.05, 3.63) is 89.5 Å². The summed E-state index contributed by atoms with van der Waals surface area (Å²) in [6, 6.07) is 19.4. The van der Waals surface area contributed by atoms with E-state index in [0.717, 1.165) is 11.1 Å². The molecule has 1 aliphatic rings. The van der Waals surface area contributed by atoms with Crippen LogP contribution in [0.2, 0.25) is 0 Å². The molecule has 3 nitrogen and oxygen atoms in total. The van der Waals surface area contributed by atoms with Gasteiger partial charge in [-0.2, -0.15) is 0 Å². The van der Waals surface area contributed by atoms with Crippen molar-refractivity contribution >= 4 is 17.8 Å². The second-order valence-corrected chi connectivity index (χ2v) is 4.53. The molecular weight excluding hydrogens is 262 g/mol. The predicted octanol–water partition coefficient (Wildman–Crippen LogP) is 3.59. The van der Waals surface area contributed by atoms with Crippen LogP contribution in [0.15, 0.2) is 83.5 Å². The van der Waals surface area contributed by atoms with Crippen LogP contribution >= 0.6 is 0 Å². The van der Waals surface area contributed by atoms with Gasteiger partial charge < -0.3 is 4.84 Å². The summed E-state index contributed by atoms with van der Waals surface area (Å²) >= 11 is 0. The van der Waals surface area contributed by atoms with Gasteiger partial charge in [0.15, 0.2) is 0 Å². The number of rotatable bonds is 3. The van der Waals surface area contributed by atoms with E-state index in [-0.39, 0.29) is 0 Å². The van der Waals surface area contributed by atoms with E-state index in [9.17, 15) is 4.79 Å². The van der Waals surface area contributed by atoms with E-state index in [1.807, 2.05) is 72.8 Å². The van der Waals surface area contributed by atoms with E-state index in [2.05, 4.69) is 5.16 Å². The summed E-state index contributed by atoms with van der Waals surface area (Å²) in [7, 11) is 0. The Balaban J connectivity index is 1.86. The van der Waals surface area contributed by atoms with Gasteiger partial charge in [0.2, 0.25) is 0 Å². The number of hydrogen-bond acceptors (Lipinski definition) is 3. The topological polar surface area (TPSA) is 38.7 Å². The van der Waals surface area contributed by atoms with Gasteiger partial charge in [0.05, 0.1) is 5.57 Å². The second kappa shape index (κ2) is 6.01. The van der Waals surface area contributed by atoms with Crippen molar-refractivity contribution < 1.29 is 9.63 Å². The smallest absolute Gasteiger partial charge is 0.312 e. The first-order valence-electron chi connectivity index (χ1n) is 6.63. The van der Waals surface area contributed by atoms with E-state index in [4.69, 9.17) is 4.84 Å². The van der Waals surface area contributed by atoms with E-state index in [1.165, 1.54) is 0 Å². The van der Waals surface area contributed by atoms with Crippen LogP contribution in [0.1, 0.15) is 11.1 Å². The predicted molar refractivity (Wildman–Crippen MR) is 82.6 cm³/mol. The maximum atomic E-state index is 11.8. The van der Waals surface area contributed by atoms with Gasteiger partial charge in [-0.3, -0.25) is 0 Å². The van der Waals surface area contributed by atoms with Gasteiger partial charge in [-0.1, -0.05) is 78.0 Å². The zero-order valence-electron chi connectivity index (χ0n) is 11.3. The number of oxime groups is 1. The minimum absolute atomic E-state index is 0.424. The first-order valence-corrected chi connectivity index (χ1v) is 6.63. The normalized spacial score (nSPS) is 16.3. The van der Waals surface area contributed by atoms with Crippen LogP contribution in [0.4, 0.5) is 0 Å². The van der Waals surface area contributed by atoms with Crippen LogP contribution in [-0.4, -0.2) is 11.7 Å². The molecule has 0 radical (unpaired) electrons. The molecule has 2 aromatic carbocycles. The number of hydrogen-bond donors (Lipinski definition) is 0. The SMILES string of the molecule is O=C1ON=C(c2ccccc2)C1=CC=Cc1ccccc1. The summed E-state index contributed by atoms with van der Waals surface area (Å²) in [5.41, 5.74) is 2.97. The van der Waals surface area contributed by atoms with Crippen molar-refractivity contribution in [1.82, 2.24) is 0 Å². The molecule has 0 spiro atoms. The lowest BCUT2D eigenvalue weighted by Crippen LogP contribution is -2.06. The first kappa shape index (κ1) is 13.1. The molecule has 0 aromatic heterocycles. The number of allylic oxidation sites excluding steroid dienone is 2. The molecule has 3 heteroatoms. The molecule has 0 fully saturated rings. The molecular formula is C18H13NO2. The number of carbonyl (C=O) groups is 1. The van der Waals surface area contributed by atoms with Crippen molar-refractivity contribution in [3.8, 4) is 0 Å². The molecule has 0 saturated carbocycles. The zero-order valence-corrected chi connectivity index (χ0v) is 11.3. The molecule has 0 aliphatic carbocycles. The van der Waals surface area contributed by atoms with E-state index < -0.39 is 5.97 Å². The van der Waals surface area contributed by atoms with E-state index in [1.54, 1.807) is 6.08 Å². The maximum absolute atomic E-state index is 11.8. The van der Waals surface area contributed by atoms with Gasteiger partial charge in [0.25, 0.3) is 0 Å². The Morgan fingerprint density at radius 3 is 2.29 bits per heavy atom. The Kier molecular flexibility index (Phi) is 3.74. The quantitative estimate of drug-likeness (QED) is 0.634. The summed E-state index contributed by atoms with van der Waals surface area (Å²) in [5.74, 6) is -0.424. The number of carbonyl (C=O) groups excluding carboxylic acids is 1.